The van der Waals surface area contributed by atoms with Gasteiger partial charge in [0.05, 0.1) is 5.52 Å². The highest BCUT2D eigenvalue weighted by molar-refractivity contribution is 5.87. The van der Waals surface area contributed by atoms with Crippen LogP contribution in [0, 0.1) is 5.82 Å². The maximum absolute atomic E-state index is 13.8. The lowest BCUT2D eigenvalue weighted by molar-refractivity contribution is 0.412. The van der Waals surface area contributed by atoms with Crippen LogP contribution in [-0.4, -0.2) is 40.0 Å². The number of nitrogens with zero attached hydrogens (tertiary/aromatic N) is 4. The molecule has 6 heteroatoms. The van der Waals surface area contributed by atoms with Crippen LogP contribution in [0.5, 0.6) is 11.6 Å². The molecule has 150 valence electrons. The average Bonchev–Trinajstić information content (AvgIpc) is 3.21. The summed E-state index contributed by atoms with van der Waals surface area (Å²) in [6.07, 6.45) is 6.34. The summed E-state index contributed by atoms with van der Waals surface area (Å²) >= 11 is 0. The molecule has 2 aromatic carbocycles. The standard InChI is InChI=1S/C24H21FN4O/c1-29-9-8-17(14-29)20-11-18(10-19-12-26-15-28-24(19)20)16-6-7-23(27-13-16)30-22-5-3-2-4-21(22)25/h2-7,10-13,15,17H,8-9,14H2,1H3. The van der Waals surface area contributed by atoms with Crippen molar-refractivity contribution in [2.45, 2.75) is 12.3 Å². The van der Waals surface area contributed by atoms with Crippen LogP contribution in [-0.2, 0) is 0 Å². The van der Waals surface area contributed by atoms with Crippen LogP contribution in [0.3, 0.4) is 0 Å². The largest absolute Gasteiger partial charge is 0.436 e. The maximum Gasteiger partial charge on any atom is 0.219 e. The SMILES string of the molecule is CN1CCC(c2cc(-c3ccc(Oc4ccccc4F)nc3)cc3cncnc23)C1. The predicted molar refractivity (Wildman–Crippen MR) is 114 cm³/mol. The molecule has 4 aromatic rings. The van der Waals surface area contributed by atoms with Crippen LogP contribution in [0.15, 0.2) is 67.3 Å². The van der Waals surface area contributed by atoms with E-state index in [0.29, 0.717) is 11.8 Å². The van der Waals surface area contributed by atoms with Crippen LogP contribution >= 0.6 is 0 Å². The van der Waals surface area contributed by atoms with E-state index in [9.17, 15) is 4.39 Å². The zero-order valence-corrected chi connectivity index (χ0v) is 16.6. The number of hydrogen-bond acceptors (Lipinski definition) is 5. The summed E-state index contributed by atoms with van der Waals surface area (Å²) in [5.41, 5.74) is 4.29. The number of rotatable bonds is 4. The molecule has 0 saturated carbocycles. The van der Waals surface area contributed by atoms with Crippen molar-refractivity contribution < 1.29 is 9.13 Å². The molecule has 1 aliphatic rings. The molecule has 1 saturated heterocycles. The Kier molecular flexibility index (Phi) is 4.85. The summed E-state index contributed by atoms with van der Waals surface area (Å²) in [6, 6.07) is 14.3. The Morgan fingerprint density at radius 2 is 1.93 bits per heavy atom. The summed E-state index contributed by atoms with van der Waals surface area (Å²) in [5.74, 6) is 0.548. The minimum atomic E-state index is -0.413. The third-order valence-electron chi connectivity index (χ3n) is 5.59. The molecular weight excluding hydrogens is 379 g/mol. The Morgan fingerprint density at radius 3 is 2.70 bits per heavy atom. The van der Waals surface area contributed by atoms with Gasteiger partial charge >= 0.3 is 0 Å². The first-order chi connectivity index (χ1) is 14.7. The van der Waals surface area contributed by atoms with Crippen LogP contribution in [0.1, 0.15) is 17.9 Å². The first-order valence-electron chi connectivity index (χ1n) is 9.98. The predicted octanol–water partition coefficient (Wildman–Crippen LogP) is 5.04. The normalized spacial score (nSPS) is 16.8. The van der Waals surface area contributed by atoms with E-state index in [-0.39, 0.29) is 5.75 Å². The second kappa shape index (κ2) is 7.80. The van der Waals surface area contributed by atoms with Gasteiger partial charge in [0.15, 0.2) is 11.6 Å². The molecule has 1 aliphatic heterocycles. The Labute approximate surface area is 174 Å². The van der Waals surface area contributed by atoms with Crippen LogP contribution < -0.4 is 4.74 Å². The number of likely N-dealkylation sites (tertiary alicyclic amines) is 1. The summed E-state index contributed by atoms with van der Waals surface area (Å²) < 4.78 is 19.4. The zero-order chi connectivity index (χ0) is 20.5. The highest BCUT2D eigenvalue weighted by atomic mass is 19.1. The van der Waals surface area contributed by atoms with Crippen LogP contribution in [0.25, 0.3) is 22.0 Å². The Balaban J connectivity index is 1.49. The third kappa shape index (κ3) is 3.62. The quantitative estimate of drug-likeness (QED) is 0.480. The van der Waals surface area contributed by atoms with E-state index in [1.807, 2.05) is 12.3 Å². The van der Waals surface area contributed by atoms with Crippen molar-refractivity contribution in [3.63, 3.8) is 0 Å². The van der Waals surface area contributed by atoms with Crippen LogP contribution in [0.2, 0.25) is 0 Å². The van der Waals surface area contributed by atoms with Gasteiger partial charge in [-0.25, -0.2) is 19.3 Å². The van der Waals surface area contributed by atoms with Gasteiger partial charge in [-0.3, -0.25) is 0 Å². The van der Waals surface area contributed by atoms with Crippen molar-refractivity contribution in [2.75, 3.05) is 20.1 Å². The Bertz CT molecular complexity index is 1200. The van der Waals surface area contributed by atoms with Gasteiger partial charge in [0.25, 0.3) is 0 Å². The number of ether oxygens (including phenoxy) is 1. The van der Waals surface area contributed by atoms with Gasteiger partial charge in [-0.15, -0.1) is 0 Å². The fourth-order valence-electron chi connectivity index (χ4n) is 4.05. The Morgan fingerprint density at radius 1 is 1.03 bits per heavy atom. The highest BCUT2D eigenvalue weighted by Gasteiger charge is 2.24. The molecule has 0 amide bonds. The summed E-state index contributed by atoms with van der Waals surface area (Å²) in [6.45, 7) is 2.11. The molecule has 0 aliphatic carbocycles. The number of likely N-dealkylation sites (N-methyl/N-ethyl adjacent to an activating group) is 1. The van der Waals surface area contributed by atoms with E-state index in [2.05, 4.69) is 39.0 Å². The van der Waals surface area contributed by atoms with Gasteiger partial charge in [-0.1, -0.05) is 12.1 Å². The molecule has 0 N–H and O–H groups in total. The molecule has 3 heterocycles. The fourth-order valence-corrected chi connectivity index (χ4v) is 4.05. The summed E-state index contributed by atoms with van der Waals surface area (Å²) in [7, 11) is 2.15. The van der Waals surface area contributed by atoms with E-state index >= 15 is 0 Å². The number of hydrogen-bond donors (Lipinski definition) is 0. The van der Waals surface area contributed by atoms with Gasteiger partial charge in [-0.2, -0.15) is 0 Å². The second-order valence-corrected chi connectivity index (χ2v) is 7.69. The van der Waals surface area contributed by atoms with Gasteiger partial charge in [0.2, 0.25) is 5.88 Å². The Hall–Kier alpha value is -3.38. The molecule has 0 spiro atoms. The second-order valence-electron chi connectivity index (χ2n) is 7.69. The van der Waals surface area contributed by atoms with Gasteiger partial charge in [0, 0.05) is 36.0 Å². The van der Waals surface area contributed by atoms with Gasteiger partial charge < -0.3 is 9.64 Å². The highest BCUT2D eigenvalue weighted by Crippen LogP contribution is 2.35. The van der Waals surface area contributed by atoms with E-state index in [1.54, 1.807) is 36.8 Å². The number of pyridine rings is 1. The van der Waals surface area contributed by atoms with Crippen molar-refractivity contribution in [3.8, 4) is 22.8 Å². The topological polar surface area (TPSA) is 51.1 Å². The molecule has 5 nitrogen and oxygen atoms in total. The fraction of sp³-hybridized carbons (Fsp3) is 0.208. The lowest BCUT2D eigenvalue weighted by atomic mass is 9.92. The molecule has 0 bridgehead atoms. The maximum atomic E-state index is 13.8. The number of halogens is 1. The smallest absolute Gasteiger partial charge is 0.219 e. The van der Waals surface area contributed by atoms with Crippen molar-refractivity contribution in [3.05, 3.63) is 78.6 Å². The number of fused-ring (bicyclic) bond motifs is 1. The van der Waals surface area contributed by atoms with Crippen molar-refractivity contribution >= 4 is 10.9 Å². The van der Waals surface area contributed by atoms with E-state index in [1.165, 1.54) is 11.6 Å². The molecule has 2 aromatic heterocycles. The molecule has 0 radical (unpaired) electrons. The molecule has 5 rings (SSSR count). The van der Waals surface area contributed by atoms with Crippen LogP contribution in [0.4, 0.5) is 4.39 Å². The summed E-state index contributed by atoms with van der Waals surface area (Å²) in [5, 5.41) is 1.02. The third-order valence-corrected chi connectivity index (χ3v) is 5.59. The lowest BCUT2D eigenvalue weighted by Gasteiger charge is -2.15. The zero-order valence-electron chi connectivity index (χ0n) is 16.6. The van der Waals surface area contributed by atoms with Crippen molar-refractivity contribution in [1.29, 1.82) is 0 Å². The minimum absolute atomic E-state index is 0.160. The molecule has 1 unspecified atom stereocenters. The molecule has 30 heavy (non-hydrogen) atoms. The summed E-state index contributed by atoms with van der Waals surface area (Å²) in [4.78, 5) is 15.5. The molecule has 1 atom stereocenters. The first-order valence-corrected chi connectivity index (χ1v) is 9.98. The monoisotopic (exact) mass is 400 g/mol. The molecular formula is C24H21FN4O. The van der Waals surface area contributed by atoms with Gasteiger partial charge in [-0.05, 0) is 67.4 Å². The first kappa shape index (κ1) is 18.6. The number of benzene rings is 2. The number of aromatic nitrogens is 3. The van der Waals surface area contributed by atoms with Crippen molar-refractivity contribution in [1.82, 2.24) is 19.9 Å². The van der Waals surface area contributed by atoms with E-state index in [0.717, 1.165) is 41.5 Å². The molecule has 1 fully saturated rings. The number of para-hydroxylation sites is 1. The van der Waals surface area contributed by atoms with E-state index < -0.39 is 5.82 Å². The van der Waals surface area contributed by atoms with Gasteiger partial charge in [0.1, 0.15) is 6.33 Å². The average molecular weight is 400 g/mol. The van der Waals surface area contributed by atoms with E-state index in [4.69, 9.17) is 4.74 Å². The lowest BCUT2D eigenvalue weighted by Crippen LogP contribution is -2.13. The van der Waals surface area contributed by atoms with Crippen molar-refractivity contribution in [2.24, 2.45) is 0 Å². The minimum Gasteiger partial charge on any atom is -0.436 e.